The zero-order chi connectivity index (χ0) is 15.7. The largest absolute Gasteiger partial charge is 0.465 e. The average molecular weight is 349 g/mol. The molecule has 1 heterocycles. The standard InChI is InChI=1S/C12H8Cl3N3O3/c1-21-12(20)8-10(16)17-4-18(11(8)19)9-6(14)2-5(13)3-7(9)15/h2-4H,16H2,1H3. The predicted molar refractivity (Wildman–Crippen MR) is 80.6 cm³/mol. The number of rotatable bonds is 2. The van der Waals surface area contributed by atoms with Crippen LogP contribution in [0.3, 0.4) is 0 Å². The van der Waals surface area contributed by atoms with Crippen LogP contribution in [0, 0.1) is 0 Å². The Balaban J connectivity index is 2.78. The summed E-state index contributed by atoms with van der Waals surface area (Å²) in [7, 11) is 1.13. The quantitative estimate of drug-likeness (QED) is 0.843. The minimum atomic E-state index is -0.902. The molecule has 1 aromatic carbocycles. The molecule has 0 bridgehead atoms. The summed E-state index contributed by atoms with van der Waals surface area (Å²) in [6.07, 6.45) is 1.12. The first-order chi connectivity index (χ1) is 9.86. The van der Waals surface area contributed by atoms with Crippen molar-refractivity contribution in [1.29, 1.82) is 0 Å². The van der Waals surface area contributed by atoms with E-state index in [0.29, 0.717) is 5.02 Å². The number of carbonyl (C=O) groups is 1. The molecule has 0 radical (unpaired) electrons. The van der Waals surface area contributed by atoms with Gasteiger partial charge in [0.15, 0.2) is 5.56 Å². The first-order valence-corrected chi connectivity index (χ1v) is 6.60. The molecule has 0 aliphatic heterocycles. The summed E-state index contributed by atoms with van der Waals surface area (Å²) in [5.74, 6) is -1.15. The second kappa shape index (κ2) is 5.93. The van der Waals surface area contributed by atoms with Crippen LogP contribution in [0.4, 0.5) is 5.82 Å². The normalized spacial score (nSPS) is 10.5. The number of anilines is 1. The molecular weight excluding hydrogens is 341 g/mol. The maximum atomic E-state index is 12.4. The van der Waals surface area contributed by atoms with Crippen LogP contribution in [0.2, 0.25) is 15.1 Å². The number of benzene rings is 1. The minimum absolute atomic E-state index is 0.122. The highest BCUT2D eigenvalue weighted by atomic mass is 35.5. The van der Waals surface area contributed by atoms with Gasteiger partial charge in [0.2, 0.25) is 0 Å². The number of ether oxygens (including phenoxy) is 1. The molecule has 0 spiro atoms. The van der Waals surface area contributed by atoms with Crippen LogP contribution in [-0.4, -0.2) is 22.6 Å². The van der Waals surface area contributed by atoms with Crippen molar-refractivity contribution < 1.29 is 9.53 Å². The molecule has 110 valence electrons. The highest BCUT2D eigenvalue weighted by Crippen LogP contribution is 2.31. The third kappa shape index (κ3) is 2.83. The first kappa shape index (κ1) is 15.6. The van der Waals surface area contributed by atoms with Crippen LogP contribution in [0.15, 0.2) is 23.3 Å². The molecule has 0 saturated carbocycles. The molecule has 0 atom stereocenters. The number of nitrogens with two attached hydrogens (primary N) is 1. The number of nitrogens with zero attached hydrogens (tertiary/aromatic N) is 2. The van der Waals surface area contributed by atoms with E-state index >= 15 is 0 Å². The number of aromatic nitrogens is 2. The fourth-order valence-corrected chi connectivity index (χ4v) is 2.68. The lowest BCUT2D eigenvalue weighted by Gasteiger charge is -2.12. The summed E-state index contributed by atoms with van der Waals surface area (Å²) in [4.78, 5) is 27.8. The zero-order valence-electron chi connectivity index (χ0n) is 10.6. The van der Waals surface area contributed by atoms with Crippen molar-refractivity contribution in [3.8, 4) is 5.69 Å². The van der Waals surface area contributed by atoms with Crippen molar-refractivity contribution in [2.45, 2.75) is 0 Å². The number of hydrogen-bond acceptors (Lipinski definition) is 5. The molecule has 0 fully saturated rings. The Morgan fingerprint density at radius 2 is 1.86 bits per heavy atom. The molecule has 0 aliphatic rings. The lowest BCUT2D eigenvalue weighted by atomic mass is 10.2. The lowest BCUT2D eigenvalue weighted by molar-refractivity contribution is 0.0599. The first-order valence-electron chi connectivity index (χ1n) is 5.47. The van der Waals surface area contributed by atoms with Gasteiger partial charge in [0, 0.05) is 5.02 Å². The van der Waals surface area contributed by atoms with Crippen LogP contribution in [0.1, 0.15) is 10.4 Å². The molecule has 2 aromatic rings. The number of esters is 1. The Bertz CT molecular complexity index is 766. The van der Waals surface area contributed by atoms with E-state index in [0.717, 1.165) is 18.0 Å². The van der Waals surface area contributed by atoms with E-state index in [1.807, 2.05) is 0 Å². The number of carbonyl (C=O) groups excluding carboxylic acids is 1. The number of nitrogen functional groups attached to an aromatic ring is 1. The Morgan fingerprint density at radius 1 is 1.29 bits per heavy atom. The zero-order valence-corrected chi connectivity index (χ0v) is 12.8. The molecule has 1 aromatic heterocycles. The van der Waals surface area contributed by atoms with Gasteiger partial charge in [-0.25, -0.2) is 9.78 Å². The summed E-state index contributed by atoms with van der Waals surface area (Å²) < 4.78 is 5.51. The third-order valence-corrected chi connectivity index (χ3v) is 3.41. The summed E-state index contributed by atoms with van der Waals surface area (Å²) in [6.45, 7) is 0. The Labute approximate surface area is 134 Å². The van der Waals surface area contributed by atoms with Gasteiger partial charge in [-0.05, 0) is 12.1 Å². The molecule has 0 amide bonds. The van der Waals surface area contributed by atoms with Gasteiger partial charge in [0.25, 0.3) is 5.56 Å². The monoisotopic (exact) mass is 347 g/mol. The maximum absolute atomic E-state index is 12.4. The summed E-state index contributed by atoms with van der Waals surface area (Å²) in [5.41, 5.74) is 4.53. The van der Waals surface area contributed by atoms with Gasteiger partial charge >= 0.3 is 5.97 Å². The van der Waals surface area contributed by atoms with Gasteiger partial charge in [-0.15, -0.1) is 0 Å². The minimum Gasteiger partial charge on any atom is -0.465 e. The molecule has 0 saturated heterocycles. The van der Waals surface area contributed by atoms with E-state index in [4.69, 9.17) is 40.5 Å². The number of halogens is 3. The fourth-order valence-electron chi connectivity index (χ4n) is 1.68. The van der Waals surface area contributed by atoms with Crippen LogP contribution in [0.25, 0.3) is 5.69 Å². The van der Waals surface area contributed by atoms with E-state index in [2.05, 4.69) is 9.72 Å². The van der Waals surface area contributed by atoms with E-state index < -0.39 is 17.1 Å². The summed E-state index contributed by atoms with van der Waals surface area (Å²) >= 11 is 17.9. The maximum Gasteiger partial charge on any atom is 0.347 e. The van der Waals surface area contributed by atoms with Gasteiger partial charge in [0.05, 0.1) is 22.8 Å². The fraction of sp³-hybridized carbons (Fsp3) is 0.0833. The highest BCUT2D eigenvalue weighted by molar-refractivity contribution is 6.40. The van der Waals surface area contributed by atoms with Crippen LogP contribution in [0.5, 0.6) is 0 Å². The number of hydrogen-bond donors (Lipinski definition) is 1. The average Bonchev–Trinajstić information content (AvgIpc) is 2.40. The van der Waals surface area contributed by atoms with E-state index in [-0.39, 0.29) is 21.6 Å². The van der Waals surface area contributed by atoms with Gasteiger partial charge < -0.3 is 10.5 Å². The molecule has 2 N–H and O–H groups in total. The predicted octanol–water partition coefficient (Wildman–Crippen LogP) is 2.56. The third-order valence-electron chi connectivity index (χ3n) is 2.61. The molecular formula is C12H8Cl3N3O3. The van der Waals surface area contributed by atoms with E-state index in [1.165, 1.54) is 12.1 Å². The van der Waals surface area contributed by atoms with Crippen molar-refractivity contribution in [1.82, 2.24) is 9.55 Å². The smallest absolute Gasteiger partial charge is 0.347 e. The van der Waals surface area contributed by atoms with Crippen LogP contribution in [-0.2, 0) is 4.74 Å². The van der Waals surface area contributed by atoms with Gasteiger partial charge in [-0.1, -0.05) is 34.8 Å². The molecule has 21 heavy (non-hydrogen) atoms. The molecule has 2 rings (SSSR count). The topological polar surface area (TPSA) is 87.2 Å². The highest BCUT2D eigenvalue weighted by Gasteiger charge is 2.21. The van der Waals surface area contributed by atoms with Gasteiger partial charge in [0.1, 0.15) is 12.1 Å². The molecule has 6 nitrogen and oxygen atoms in total. The van der Waals surface area contributed by atoms with Crippen molar-refractivity contribution in [3.05, 3.63) is 49.4 Å². The SMILES string of the molecule is COC(=O)c1c(N)ncn(-c2c(Cl)cc(Cl)cc2Cl)c1=O. The lowest BCUT2D eigenvalue weighted by Crippen LogP contribution is -2.28. The van der Waals surface area contributed by atoms with E-state index in [1.54, 1.807) is 0 Å². The van der Waals surface area contributed by atoms with E-state index in [9.17, 15) is 9.59 Å². The Morgan fingerprint density at radius 3 is 2.38 bits per heavy atom. The molecule has 0 aliphatic carbocycles. The van der Waals surface area contributed by atoms with Gasteiger partial charge in [-0.2, -0.15) is 0 Å². The summed E-state index contributed by atoms with van der Waals surface area (Å²) in [5, 5.41) is 0.548. The summed E-state index contributed by atoms with van der Waals surface area (Å²) in [6, 6.07) is 2.82. The van der Waals surface area contributed by atoms with Crippen molar-refractivity contribution in [3.63, 3.8) is 0 Å². The van der Waals surface area contributed by atoms with Gasteiger partial charge in [-0.3, -0.25) is 9.36 Å². The Hall–Kier alpha value is -1.76. The second-order valence-corrected chi connectivity index (χ2v) is 5.14. The molecule has 0 unspecified atom stereocenters. The van der Waals surface area contributed by atoms with Crippen molar-refractivity contribution >= 4 is 46.6 Å². The number of methoxy groups -OCH3 is 1. The second-order valence-electron chi connectivity index (χ2n) is 3.89. The van der Waals surface area contributed by atoms with Crippen molar-refractivity contribution in [2.24, 2.45) is 0 Å². The van der Waals surface area contributed by atoms with Crippen molar-refractivity contribution in [2.75, 3.05) is 12.8 Å². The van der Waals surface area contributed by atoms with Crippen LogP contribution >= 0.6 is 34.8 Å². The molecule has 9 heteroatoms. The Kier molecular flexibility index (Phi) is 4.41. The van der Waals surface area contributed by atoms with Crippen LogP contribution < -0.4 is 11.3 Å².